The van der Waals surface area contributed by atoms with Gasteiger partial charge in [0.25, 0.3) is 0 Å². The lowest BCUT2D eigenvalue weighted by molar-refractivity contribution is -0.124. The number of aliphatic hydroxyl groups excluding tert-OH is 1. The topological polar surface area (TPSA) is 125 Å². The molecular formula is C35H42FN5O4S. The Labute approximate surface area is 273 Å². The third-order valence-corrected chi connectivity index (χ3v) is 9.35. The molecule has 1 aliphatic carbocycles. The summed E-state index contributed by atoms with van der Waals surface area (Å²) < 4.78 is 21.7. The van der Waals surface area contributed by atoms with E-state index in [0.29, 0.717) is 17.4 Å². The summed E-state index contributed by atoms with van der Waals surface area (Å²) in [5.41, 5.74) is 3.10. The van der Waals surface area contributed by atoms with Crippen LogP contribution in [0.5, 0.6) is 11.5 Å². The van der Waals surface area contributed by atoms with E-state index in [4.69, 9.17) is 14.8 Å². The van der Waals surface area contributed by atoms with Gasteiger partial charge in [0.2, 0.25) is 5.91 Å². The molecule has 0 bridgehead atoms. The van der Waals surface area contributed by atoms with E-state index in [9.17, 15) is 14.0 Å². The molecule has 1 fully saturated rings. The van der Waals surface area contributed by atoms with Gasteiger partial charge in [0.1, 0.15) is 12.4 Å². The lowest BCUT2D eigenvalue weighted by Gasteiger charge is -2.20. The molecule has 0 radical (unpaired) electrons. The van der Waals surface area contributed by atoms with Gasteiger partial charge in [-0.05, 0) is 67.9 Å². The number of urea groups is 1. The fraction of sp³-hybridized carbons (Fsp3) is 0.429. The van der Waals surface area contributed by atoms with E-state index < -0.39 is 12.4 Å². The first-order valence-corrected chi connectivity index (χ1v) is 17.0. The first kappa shape index (κ1) is 33.3. The summed E-state index contributed by atoms with van der Waals surface area (Å²) in [6, 6.07) is 12.2. The number of benzene rings is 1. The third-order valence-electron chi connectivity index (χ3n) is 8.19. The monoisotopic (exact) mass is 647 g/mol. The highest BCUT2D eigenvalue weighted by Crippen LogP contribution is 2.39. The zero-order chi connectivity index (χ0) is 32.5. The van der Waals surface area contributed by atoms with Crippen molar-refractivity contribution in [1.29, 1.82) is 0 Å². The summed E-state index contributed by atoms with van der Waals surface area (Å²) in [6.45, 7) is 3.84. The maximum atomic E-state index is 14.9. The van der Waals surface area contributed by atoms with E-state index >= 15 is 0 Å². The number of nitrogens with zero attached hydrogens (tertiary/aromatic N) is 2. The molecule has 5 rings (SSSR count). The van der Waals surface area contributed by atoms with Crippen LogP contribution in [-0.4, -0.2) is 45.7 Å². The van der Waals surface area contributed by atoms with Crippen LogP contribution in [-0.2, 0) is 11.2 Å². The second-order valence-corrected chi connectivity index (χ2v) is 13.0. The number of pyridine rings is 2. The normalized spacial score (nSPS) is 14.1. The van der Waals surface area contributed by atoms with Gasteiger partial charge in [-0.15, -0.1) is 11.3 Å². The number of hydrogen-bond acceptors (Lipinski definition) is 7. The van der Waals surface area contributed by atoms with Crippen molar-refractivity contribution in [2.24, 2.45) is 5.92 Å². The number of halogens is 1. The summed E-state index contributed by atoms with van der Waals surface area (Å²) >= 11 is 1.49. The second-order valence-electron chi connectivity index (χ2n) is 11.9. The van der Waals surface area contributed by atoms with E-state index in [-0.39, 0.29) is 29.8 Å². The van der Waals surface area contributed by atoms with Gasteiger partial charge in [0, 0.05) is 42.3 Å². The molecule has 11 heteroatoms. The van der Waals surface area contributed by atoms with Crippen molar-refractivity contribution in [1.82, 2.24) is 20.6 Å². The number of nitrogens with one attached hydrogen (secondary N) is 3. The van der Waals surface area contributed by atoms with Crippen molar-refractivity contribution in [3.63, 3.8) is 0 Å². The Kier molecular flexibility index (Phi) is 11.5. The van der Waals surface area contributed by atoms with Crippen molar-refractivity contribution in [2.45, 2.75) is 83.7 Å². The summed E-state index contributed by atoms with van der Waals surface area (Å²) in [6.07, 6.45) is 12.4. The molecule has 46 heavy (non-hydrogen) atoms. The van der Waals surface area contributed by atoms with Crippen LogP contribution in [0.15, 0.2) is 54.9 Å². The Morgan fingerprint density at radius 2 is 1.91 bits per heavy atom. The van der Waals surface area contributed by atoms with Gasteiger partial charge >= 0.3 is 6.03 Å². The maximum absolute atomic E-state index is 14.9. The lowest BCUT2D eigenvalue weighted by Crippen LogP contribution is -2.36. The Morgan fingerprint density at radius 3 is 2.61 bits per heavy atom. The molecule has 3 amide bonds. The Morgan fingerprint density at radius 1 is 1.07 bits per heavy atom. The molecule has 244 valence electrons. The van der Waals surface area contributed by atoms with Gasteiger partial charge in [-0.25, -0.2) is 9.18 Å². The smallest absolute Gasteiger partial charge is 0.319 e. The lowest BCUT2D eigenvalue weighted by atomic mass is 9.91. The maximum Gasteiger partial charge on any atom is 0.319 e. The summed E-state index contributed by atoms with van der Waals surface area (Å²) in [5, 5.41) is 17.5. The Hall–Kier alpha value is -4.09. The van der Waals surface area contributed by atoms with Gasteiger partial charge in [0.15, 0.2) is 11.6 Å². The van der Waals surface area contributed by atoms with Gasteiger partial charge < -0.3 is 25.8 Å². The number of aromatic nitrogens is 2. The highest BCUT2D eigenvalue weighted by atomic mass is 32.1. The van der Waals surface area contributed by atoms with Crippen molar-refractivity contribution in [3.05, 3.63) is 66.2 Å². The van der Waals surface area contributed by atoms with Crippen molar-refractivity contribution >= 4 is 39.2 Å². The number of rotatable bonds is 16. The molecule has 3 aromatic heterocycles. The zero-order valence-electron chi connectivity index (χ0n) is 26.4. The van der Waals surface area contributed by atoms with Crippen LogP contribution in [0.25, 0.3) is 20.8 Å². The molecule has 4 N–H and O–H groups in total. The van der Waals surface area contributed by atoms with E-state index in [1.165, 1.54) is 29.0 Å². The quantitative estimate of drug-likeness (QED) is 0.0993. The van der Waals surface area contributed by atoms with Crippen LogP contribution < -0.4 is 20.7 Å². The van der Waals surface area contributed by atoms with E-state index in [0.717, 1.165) is 78.6 Å². The third kappa shape index (κ3) is 9.23. The average Bonchev–Trinajstić information content (AvgIpc) is 3.75. The van der Waals surface area contributed by atoms with E-state index in [1.807, 2.05) is 18.3 Å². The largest absolute Gasteiger partial charge is 0.453 e. The van der Waals surface area contributed by atoms with Gasteiger partial charge in [-0.1, -0.05) is 45.6 Å². The molecule has 1 aliphatic rings. The standard InChI is InChI=1S/C35H42FN5O4S/c1-3-6-24(39-33(43)21-42)8-5-7-22(4-2)17-23-9-13-28(38-20-23)32-19-29-34(46-32)31(15-16-37-29)45-30-14-12-26(18-27(30)36)41-35(44)40-25-10-11-25/h9,12-16,18-20,22,24-25,42H,3-8,10-11,17,21H2,1-2H3,(H,39,43)(H2,40,41,44). The second kappa shape index (κ2) is 16.0. The number of anilines is 1. The molecule has 0 saturated heterocycles. The van der Waals surface area contributed by atoms with E-state index in [1.54, 1.807) is 18.3 Å². The fourth-order valence-corrected chi connectivity index (χ4v) is 6.56. The number of fused-ring (bicyclic) bond motifs is 1. The predicted molar refractivity (Wildman–Crippen MR) is 180 cm³/mol. The molecular weight excluding hydrogens is 605 g/mol. The molecule has 2 atom stereocenters. The van der Waals surface area contributed by atoms with Gasteiger partial charge in [-0.3, -0.25) is 14.8 Å². The summed E-state index contributed by atoms with van der Waals surface area (Å²) in [5.74, 6) is 0.175. The first-order chi connectivity index (χ1) is 22.3. The zero-order valence-corrected chi connectivity index (χ0v) is 27.2. The number of amides is 3. The molecule has 3 heterocycles. The molecule has 0 aliphatic heterocycles. The van der Waals surface area contributed by atoms with Crippen LogP contribution in [0.2, 0.25) is 0 Å². The molecule has 0 spiro atoms. The predicted octanol–water partition coefficient (Wildman–Crippen LogP) is 7.59. The minimum Gasteiger partial charge on any atom is -0.453 e. The summed E-state index contributed by atoms with van der Waals surface area (Å²) in [7, 11) is 0. The fourth-order valence-electron chi connectivity index (χ4n) is 5.52. The molecule has 1 saturated carbocycles. The summed E-state index contributed by atoms with van der Waals surface area (Å²) in [4.78, 5) is 33.8. The van der Waals surface area contributed by atoms with Crippen LogP contribution in [0.4, 0.5) is 14.9 Å². The highest BCUT2D eigenvalue weighted by Gasteiger charge is 2.23. The molecule has 1 aromatic carbocycles. The average molecular weight is 648 g/mol. The Balaban J connectivity index is 1.19. The van der Waals surface area contributed by atoms with Crippen molar-refractivity contribution < 1.29 is 23.8 Å². The van der Waals surface area contributed by atoms with Crippen molar-refractivity contribution in [2.75, 3.05) is 11.9 Å². The van der Waals surface area contributed by atoms with Crippen LogP contribution in [0.3, 0.4) is 0 Å². The number of thiophene rings is 1. The Bertz CT molecular complexity index is 1630. The van der Waals surface area contributed by atoms with E-state index in [2.05, 4.69) is 40.8 Å². The molecule has 4 aromatic rings. The van der Waals surface area contributed by atoms with Gasteiger partial charge in [-0.2, -0.15) is 0 Å². The molecule has 9 nitrogen and oxygen atoms in total. The van der Waals surface area contributed by atoms with Crippen molar-refractivity contribution in [3.8, 4) is 22.1 Å². The van der Waals surface area contributed by atoms with Crippen LogP contribution in [0.1, 0.15) is 70.8 Å². The highest BCUT2D eigenvalue weighted by molar-refractivity contribution is 7.22. The number of aliphatic hydroxyl groups is 1. The number of hydrogen-bond donors (Lipinski definition) is 4. The van der Waals surface area contributed by atoms with Crippen LogP contribution in [0, 0.1) is 11.7 Å². The first-order valence-electron chi connectivity index (χ1n) is 16.1. The number of carbonyl (C=O) groups excluding carboxylic acids is 2. The molecule has 2 unspecified atom stereocenters. The SMILES string of the molecule is CCCC(CCCC(CC)Cc1ccc(-c2cc3nccc(Oc4ccc(NC(=O)NC5CC5)cc4F)c3s2)nc1)NC(=O)CO. The minimum absolute atomic E-state index is 0.0550. The number of ether oxygens (including phenoxy) is 1. The minimum atomic E-state index is -0.581. The van der Waals surface area contributed by atoms with Gasteiger partial charge in [0.05, 0.1) is 20.8 Å². The van der Waals surface area contributed by atoms with Crippen LogP contribution >= 0.6 is 11.3 Å². The number of carbonyl (C=O) groups is 2.